The van der Waals surface area contributed by atoms with Crippen molar-refractivity contribution >= 4 is 22.4 Å². The Labute approximate surface area is 173 Å². The first kappa shape index (κ1) is 19.2. The number of halogens is 3. The molecule has 0 atom stereocenters. The van der Waals surface area contributed by atoms with E-state index in [4.69, 9.17) is 11.6 Å². The minimum atomic E-state index is -0.544. The largest absolute Gasteiger partial charge is 0.205 e. The van der Waals surface area contributed by atoms with Crippen LogP contribution in [0.25, 0.3) is 21.9 Å². The molecule has 4 aromatic carbocycles. The molecule has 0 N–H and O–H groups in total. The van der Waals surface area contributed by atoms with Gasteiger partial charge < -0.3 is 0 Å². The Bertz CT molecular complexity index is 1260. The lowest BCUT2D eigenvalue weighted by molar-refractivity contribution is 0.628. The topological polar surface area (TPSA) is 0 Å². The summed E-state index contributed by atoms with van der Waals surface area (Å²) < 4.78 is 28.5. The fraction of sp³-hybridized carbons (Fsp3) is 0.0769. The molecule has 0 heterocycles. The van der Waals surface area contributed by atoms with Gasteiger partial charge in [-0.3, -0.25) is 0 Å². The van der Waals surface area contributed by atoms with Crippen LogP contribution < -0.4 is 0 Å². The summed E-state index contributed by atoms with van der Waals surface area (Å²) in [6.45, 7) is 2.12. The summed E-state index contributed by atoms with van der Waals surface area (Å²) in [6, 6.07) is 21.9. The molecule has 4 rings (SSSR count). The van der Waals surface area contributed by atoms with Gasteiger partial charge in [-0.05, 0) is 58.8 Å². The molecule has 3 heteroatoms. The maximum absolute atomic E-state index is 15.0. The van der Waals surface area contributed by atoms with E-state index in [1.807, 2.05) is 18.2 Å². The fourth-order valence-electron chi connectivity index (χ4n) is 3.21. The van der Waals surface area contributed by atoms with Gasteiger partial charge in [-0.25, -0.2) is 8.78 Å². The van der Waals surface area contributed by atoms with Gasteiger partial charge in [-0.2, -0.15) is 0 Å². The van der Waals surface area contributed by atoms with Crippen LogP contribution >= 0.6 is 11.6 Å². The van der Waals surface area contributed by atoms with Gasteiger partial charge in [0.1, 0.15) is 11.6 Å². The second-order valence-electron chi connectivity index (χ2n) is 6.79. The van der Waals surface area contributed by atoms with E-state index in [9.17, 15) is 8.78 Å². The second kappa shape index (κ2) is 8.07. The van der Waals surface area contributed by atoms with Crippen molar-refractivity contribution in [2.24, 2.45) is 0 Å². The summed E-state index contributed by atoms with van der Waals surface area (Å²) in [4.78, 5) is 0. The number of benzene rings is 4. The molecule has 0 aromatic heterocycles. The van der Waals surface area contributed by atoms with Crippen molar-refractivity contribution in [1.82, 2.24) is 0 Å². The Balaban J connectivity index is 1.69. The van der Waals surface area contributed by atoms with E-state index in [0.29, 0.717) is 10.9 Å². The molecule has 4 aromatic rings. The molecule has 0 aliphatic heterocycles. The standard InChI is InChI=1S/C26H17ClF2/c1-2-17-3-7-19(8-4-17)21-12-13-23-22(16-21)11-10-20(26(23)29)9-5-18-6-14-24(27)25(28)15-18/h3-4,6-8,10-16H,2H2,1H3. The Morgan fingerprint density at radius 3 is 2.28 bits per heavy atom. The van der Waals surface area contributed by atoms with Crippen molar-refractivity contribution in [2.45, 2.75) is 13.3 Å². The van der Waals surface area contributed by atoms with Gasteiger partial charge in [0.2, 0.25) is 0 Å². The highest BCUT2D eigenvalue weighted by atomic mass is 35.5. The van der Waals surface area contributed by atoms with Gasteiger partial charge in [0.05, 0.1) is 10.6 Å². The van der Waals surface area contributed by atoms with Crippen LogP contribution in [-0.4, -0.2) is 0 Å². The van der Waals surface area contributed by atoms with E-state index in [2.05, 4.69) is 43.0 Å². The van der Waals surface area contributed by atoms with Crippen LogP contribution in [0.15, 0.2) is 72.8 Å². The van der Waals surface area contributed by atoms with E-state index in [1.54, 1.807) is 18.2 Å². The van der Waals surface area contributed by atoms with E-state index in [0.717, 1.165) is 22.9 Å². The lowest BCUT2D eigenvalue weighted by atomic mass is 9.98. The molecular weight excluding hydrogens is 386 g/mol. The average Bonchev–Trinajstić information content (AvgIpc) is 2.75. The number of fused-ring (bicyclic) bond motifs is 1. The molecule has 0 aliphatic rings. The molecule has 0 radical (unpaired) electrons. The molecule has 0 nitrogen and oxygen atoms in total. The zero-order chi connectivity index (χ0) is 20.4. The third-order valence-corrected chi connectivity index (χ3v) is 5.22. The minimum absolute atomic E-state index is 0.0348. The molecule has 29 heavy (non-hydrogen) atoms. The summed E-state index contributed by atoms with van der Waals surface area (Å²) in [6.07, 6.45) is 0.996. The van der Waals surface area contributed by atoms with Crippen LogP contribution in [0.2, 0.25) is 5.02 Å². The van der Waals surface area contributed by atoms with Gasteiger partial charge in [-0.1, -0.05) is 72.8 Å². The SMILES string of the molecule is CCc1ccc(-c2ccc3c(F)c(C#Cc4ccc(Cl)c(F)c4)ccc3c2)cc1. The van der Waals surface area contributed by atoms with Crippen LogP contribution in [0.5, 0.6) is 0 Å². The van der Waals surface area contributed by atoms with Crippen LogP contribution in [0.4, 0.5) is 8.78 Å². The van der Waals surface area contributed by atoms with Crippen molar-refractivity contribution in [3.63, 3.8) is 0 Å². The highest BCUT2D eigenvalue weighted by Crippen LogP contribution is 2.27. The lowest BCUT2D eigenvalue weighted by Crippen LogP contribution is -1.88. The lowest BCUT2D eigenvalue weighted by Gasteiger charge is -2.07. The third-order valence-electron chi connectivity index (χ3n) is 4.91. The summed E-state index contributed by atoms with van der Waals surface area (Å²) in [5, 5.41) is 1.35. The van der Waals surface area contributed by atoms with Gasteiger partial charge in [0, 0.05) is 10.9 Å². The van der Waals surface area contributed by atoms with E-state index in [-0.39, 0.29) is 16.4 Å². The highest BCUT2D eigenvalue weighted by Gasteiger charge is 2.08. The maximum atomic E-state index is 15.0. The Hall–Kier alpha value is -3.15. The molecule has 0 saturated heterocycles. The van der Waals surface area contributed by atoms with Gasteiger partial charge >= 0.3 is 0 Å². The van der Waals surface area contributed by atoms with Crippen LogP contribution in [0.3, 0.4) is 0 Å². The Morgan fingerprint density at radius 1 is 0.793 bits per heavy atom. The Kier molecular flexibility index (Phi) is 5.34. The summed E-state index contributed by atoms with van der Waals surface area (Å²) in [7, 11) is 0. The number of rotatable bonds is 2. The zero-order valence-electron chi connectivity index (χ0n) is 15.8. The van der Waals surface area contributed by atoms with Crippen LogP contribution in [0.1, 0.15) is 23.6 Å². The molecule has 0 fully saturated rings. The molecule has 0 amide bonds. The Morgan fingerprint density at radius 2 is 1.55 bits per heavy atom. The first-order chi connectivity index (χ1) is 14.0. The van der Waals surface area contributed by atoms with Crippen LogP contribution in [0, 0.1) is 23.5 Å². The normalized spacial score (nSPS) is 10.6. The number of hydrogen-bond acceptors (Lipinski definition) is 0. The van der Waals surface area contributed by atoms with Crippen molar-refractivity contribution in [2.75, 3.05) is 0 Å². The van der Waals surface area contributed by atoms with Gasteiger partial charge in [-0.15, -0.1) is 0 Å². The number of hydrogen-bond donors (Lipinski definition) is 0. The average molecular weight is 403 g/mol. The minimum Gasteiger partial charge on any atom is -0.205 e. The maximum Gasteiger partial charge on any atom is 0.146 e. The molecule has 0 aliphatic carbocycles. The predicted molar refractivity (Wildman–Crippen MR) is 116 cm³/mol. The summed E-state index contributed by atoms with van der Waals surface area (Å²) in [5.74, 6) is 4.66. The van der Waals surface area contributed by atoms with E-state index < -0.39 is 5.82 Å². The summed E-state index contributed by atoms with van der Waals surface area (Å²) >= 11 is 5.68. The molecule has 0 spiro atoms. The van der Waals surface area contributed by atoms with Crippen molar-refractivity contribution in [1.29, 1.82) is 0 Å². The van der Waals surface area contributed by atoms with Crippen LogP contribution in [-0.2, 0) is 6.42 Å². The molecule has 0 saturated carbocycles. The van der Waals surface area contributed by atoms with E-state index >= 15 is 0 Å². The second-order valence-corrected chi connectivity index (χ2v) is 7.20. The van der Waals surface area contributed by atoms with Gasteiger partial charge in [0.15, 0.2) is 0 Å². The van der Waals surface area contributed by atoms with Crippen molar-refractivity contribution in [3.8, 4) is 23.0 Å². The molecule has 0 unspecified atom stereocenters. The first-order valence-electron chi connectivity index (χ1n) is 9.34. The fourth-order valence-corrected chi connectivity index (χ4v) is 3.33. The quantitative estimate of drug-likeness (QED) is 0.306. The predicted octanol–water partition coefficient (Wildman–Crippen LogP) is 7.40. The third kappa shape index (κ3) is 4.01. The first-order valence-corrected chi connectivity index (χ1v) is 9.71. The van der Waals surface area contributed by atoms with Gasteiger partial charge in [0.25, 0.3) is 0 Å². The molecular formula is C26H17ClF2. The van der Waals surface area contributed by atoms with Crippen molar-refractivity contribution in [3.05, 3.63) is 106 Å². The number of aryl methyl sites for hydroxylation is 1. The monoisotopic (exact) mass is 402 g/mol. The molecule has 142 valence electrons. The highest BCUT2D eigenvalue weighted by molar-refractivity contribution is 6.30. The summed E-state index contributed by atoms with van der Waals surface area (Å²) in [5.41, 5.74) is 4.13. The smallest absolute Gasteiger partial charge is 0.146 e. The van der Waals surface area contributed by atoms with Crippen molar-refractivity contribution < 1.29 is 8.78 Å². The molecule has 0 bridgehead atoms. The zero-order valence-corrected chi connectivity index (χ0v) is 16.5. The van der Waals surface area contributed by atoms with E-state index in [1.165, 1.54) is 17.7 Å².